The first-order valence-corrected chi connectivity index (χ1v) is 3.76. The Morgan fingerprint density at radius 3 is 2.50 bits per heavy atom. The smallest absolute Gasteiger partial charge is 0.321 e. The second-order valence-electron chi connectivity index (χ2n) is 3.02. The van der Waals surface area contributed by atoms with Gasteiger partial charge in [0.25, 0.3) is 0 Å². The van der Waals surface area contributed by atoms with Crippen LogP contribution in [0.25, 0.3) is 0 Å². The fourth-order valence-corrected chi connectivity index (χ4v) is 1.25. The summed E-state index contributed by atoms with van der Waals surface area (Å²) in [6.07, 6.45) is 2.97. The number of carbonyl (C=O) groups excluding carboxylic acids is 1. The Labute approximate surface area is 72.1 Å². The van der Waals surface area contributed by atoms with Crippen LogP contribution in [-0.4, -0.2) is 18.8 Å². The molecule has 0 amide bonds. The zero-order chi connectivity index (χ0) is 9.35. The van der Waals surface area contributed by atoms with Crippen molar-refractivity contribution < 1.29 is 9.53 Å². The van der Waals surface area contributed by atoms with E-state index in [9.17, 15) is 4.79 Å². The van der Waals surface area contributed by atoms with Crippen molar-refractivity contribution in [2.45, 2.75) is 20.8 Å². The summed E-state index contributed by atoms with van der Waals surface area (Å²) in [5.74, 6) is -0.305. The molecule has 1 atom stereocenters. The summed E-state index contributed by atoms with van der Waals surface area (Å²) in [4.78, 5) is 15.4. The van der Waals surface area contributed by atoms with E-state index < -0.39 is 5.41 Å². The summed E-state index contributed by atoms with van der Waals surface area (Å²) in [6.45, 7) is 5.38. The highest BCUT2D eigenvalue weighted by Gasteiger charge is 2.39. The number of carbonyl (C=O) groups is 1. The standard InChI is InChI=1S/C9H12NO2/c1-6-5-9(3,7(2)10-6)8(11)12-4/h1-4H3. The van der Waals surface area contributed by atoms with Crippen LogP contribution >= 0.6 is 0 Å². The third kappa shape index (κ3) is 1.15. The van der Waals surface area contributed by atoms with Crippen LogP contribution < -0.4 is 0 Å². The maximum atomic E-state index is 11.3. The van der Waals surface area contributed by atoms with Crippen molar-refractivity contribution in [3.8, 4) is 0 Å². The molecule has 1 heterocycles. The third-order valence-corrected chi connectivity index (χ3v) is 2.08. The minimum absolute atomic E-state index is 0.305. The number of ether oxygens (including phenoxy) is 1. The number of aliphatic imine (C=N–C) groups is 1. The minimum atomic E-state index is -0.765. The predicted molar refractivity (Wildman–Crippen MR) is 45.7 cm³/mol. The van der Waals surface area contributed by atoms with Crippen molar-refractivity contribution in [3.63, 3.8) is 0 Å². The molecule has 1 unspecified atom stereocenters. The molecule has 0 saturated carbocycles. The van der Waals surface area contributed by atoms with Crippen molar-refractivity contribution >= 4 is 11.7 Å². The third-order valence-electron chi connectivity index (χ3n) is 2.08. The lowest BCUT2D eigenvalue weighted by Gasteiger charge is -2.17. The number of hydrogen-bond acceptors (Lipinski definition) is 3. The van der Waals surface area contributed by atoms with Gasteiger partial charge in [0.2, 0.25) is 0 Å². The minimum Gasteiger partial charge on any atom is -0.468 e. The topological polar surface area (TPSA) is 38.7 Å². The fourth-order valence-electron chi connectivity index (χ4n) is 1.25. The summed E-state index contributed by atoms with van der Waals surface area (Å²) in [5.41, 5.74) is 0.728. The largest absolute Gasteiger partial charge is 0.468 e. The lowest BCUT2D eigenvalue weighted by atomic mass is 9.87. The molecular formula is C9H12NO2. The molecule has 0 bridgehead atoms. The summed E-state index contributed by atoms with van der Waals surface area (Å²) in [7, 11) is 1.37. The zero-order valence-electron chi connectivity index (χ0n) is 7.76. The second kappa shape index (κ2) is 2.73. The number of esters is 1. The first kappa shape index (κ1) is 8.97. The summed E-state index contributed by atoms with van der Waals surface area (Å²) < 4.78 is 4.66. The van der Waals surface area contributed by atoms with E-state index in [1.54, 1.807) is 13.8 Å². The van der Waals surface area contributed by atoms with E-state index >= 15 is 0 Å². The Balaban J connectivity index is 3.02. The van der Waals surface area contributed by atoms with Gasteiger partial charge in [0.1, 0.15) is 5.41 Å². The van der Waals surface area contributed by atoms with E-state index in [4.69, 9.17) is 0 Å². The Bertz CT molecular complexity index is 278. The van der Waals surface area contributed by atoms with Crippen LogP contribution in [0.5, 0.6) is 0 Å². The van der Waals surface area contributed by atoms with E-state index in [1.807, 2.05) is 6.92 Å². The Hall–Kier alpha value is -1.12. The molecule has 0 aromatic heterocycles. The Kier molecular flexibility index (Phi) is 2.04. The predicted octanol–water partition coefficient (Wildman–Crippen LogP) is 1.35. The number of hydrogen-bond donors (Lipinski definition) is 0. The zero-order valence-corrected chi connectivity index (χ0v) is 7.76. The van der Waals surface area contributed by atoms with Gasteiger partial charge >= 0.3 is 5.97 Å². The molecule has 65 valence electrons. The van der Waals surface area contributed by atoms with Crippen molar-refractivity contribution in [2.75, 3.05) is 7.11 Å². The monoisotopic (exact) mass is 166 g/mol. The fraction of sp³-hybridized carbons (Fsp3) is 0.556. The van der Waals surface area contributed by atoms with Gasteiger partial charge in [0, 0.05) is 17.5 Å². The van der Waals surface area contributed by atoms with Crippen LogP contribution in [0.1, 0.15) is 20.8 Å². The van der Waals surface area contributed by atoms with E-state index in [1.165, 1.54) is 7.11 Å². The highest BCUT2D eigenvalue weighted by atomic mass is 16.5. The lowest BCUT2D eigenvalue weighted by Crippen LogP contribution is -2.32. The van der Waals surface area contributed by atoms with Crippen LogP contribution in [0.2, 0.25) is 0 Å². The highest BCUT2D eigenvalue weighted by molar-refractivity contribution is 6.08. The van der Waals surface area contributed by atoms with Crippen LogP contribution in [0.3, 0.4) is 0 Å². The van der Waals surface area contributed by atoms with E-state index in [-0.39, 0.29) is 5.97 Å². The molecule has 1 aliphatic heterocycles. The molecule has 0 aliphatic carbocycles. The van der Waals surface area contributed by atoms with Crippen molar-refractivity contribution in [2.24, 2.45) is 10.4 Å². The van der Waals surface area contributed by atoms with Gasteiger partial charge in [-0.05, 0) is 20.8 Å². The van der Waals surface area contributed by atoms with Gasteiger partial charge in [-0.15, -0.1) is 0 Å². The molecule has 1 aliphatic rings. The van der Waals surface area contributed by atoms with Gasteiger partial charge in [0.05, 0.1) is 7.11 Å². The van der Waals surface area contributed by atoms with Crippen LogP contribution in [0.15, 0.2) is 10.7 Å². The Morgan fingerprint density at radius 1 is 1.58 bits per heavy atom. The number of nitrogens with zero attached hydrogens (tertiary/aromatic N) is 1. The first-order valence-electron chi connectivity index (χ1n) is 3.76. The van der Waals surface area contributed by atoms with Crippen LogP contribution in [0, 0.1) is 11.5 Å². The van der Waals surface area contributed by atoms with Crippen LogP contribution in [0.4, 0.5) is 0 Å². The number of methoxy groups -OCH3 is 1. The van der Waals surface area contributed by atoms with Gasteiger partial charge in [-0.2, -0.15) is 0 Å². The molecule has 0 saturated heterocycles. The van der Waals surface area contributed by atoms with Gasteiger partial charge in [0.15, 0.2) is 0 Å². The van der Waals surface area contributed by atoms with Crippen molar-refractivity contribution in [1.82, 2.24) is 0 Å². The SMILES string of the molecule is COC(=O)C1(C)[C]=C(C)N=C1C. The lowest BCUT2D eigenvalue weighted by molar-refractivity contribution is -0.145. The van der Waals surface area contributed by atoms with Gasteiger partial charge in [-0.25, -0.2) is 0 Å². The molecule has 1 radical (unpaired) electrons. The molecule has 0 aromatic carbocycles. The molecule has 0 fully saturated rings. The molecule has 0 aromatic rings. The van der Waals surface area contributed by atoms with Gasteiger partial charge in [-0.3, -0.25) is 9.79 Å². The molecule has 1 rings (SSSR count). The molecule has 0 spiro atoms. The van der Waals surface area contributed by atoms with Crippen LogP contribution in [-0.2, 0) is 9.53 Å². The summed E-state index contributed by atoms with van der Waals surface area (Å²) in [6, 6.07) is 0. The average Bonchev–Trinajstić information content (AvgIpc) is 2.26. The van der Waals surface area contributed by atoms with Gasteiger partial charge in [-0.1, -0.05) is 0 Å². The van der Waals surface area contributed by atoms with Gasteiger partial charge < -0.3 is 4.74 Å². The quantitative estimate of drug-likeness (QED) is 0.551. The Morgan fingerprint density at radius 2 is 2.17 bits per heavy atom. The normalized spacial score (nSPS) is 28.0. The van der Waals surface area contributed by atoms with E-state index in [2.05, 4.69) is 15.8 Å². The second-order valence-corrected chi connectivity index (χ2v) is 3.02. The highest BCUT2D eigenvalue weighted by Crippen LogP contribution is 2.29. The molecule has 12 heavy (non-hydrogen) atoms. The van der Waals surface area contributed by atoms with E-state index in [0.717, 1.165) is 11.4 Å². The molecule has 0 N–H and O–H groups in total. The van der Waals surface area contributed by atoms with Crippen molar-refractivity contribution in [1.29, 1.82) is 0 Å². The average molecular weight is 166 g/mol. The molecule has 3 nitrogen and oxygen atoms in total. The maximum Gasteiger partial charge on any atom is 0.321 e. The molecular weight excluding hydrogens is 154 g/mol. The number of rotatable bonds is 1. The molecule has 3 heteroatoms. The van der Waals surface area contributed by atoms with Crippen molar-refractivity contribution in [3.05, 3.63) is 11.8 Å². The van der Waals surface area contributed by atoms with E-state index in [0.29, 0.717) is 0 Å². The first-order chi connectivity index (χ1) is 5.50. The summed E-state index contributed by atoms with van der Waals surface area (Å²) in [5, 5.41) is 0. The summed E-state index contributed by atoms with van der Waals surface area (Å²) >= 11 is 0. The number of allylic oxidation sites excluding steroid dienone is 1. The maximum absolute atomic E-state index is 11.3.